The summed E-state index contributed by atoms with van der Waals surface area (Å²) in [6.07, 6.45) is 11.2. The van der Waals surface area contributed by atoms with Gasteiger partial charge >= 0.3 is 0 Å². The van der Waals surface area contributed by atoms with Gasteiger partial charge in [-0.05, 0) is 74.6 Å². The van der Waals surface area contributed by atoms with Crippen LogP contribution in [-0.4, -0.2) is 37.3 Å². The van der Waals surface area contributed by atoms with Crippen LogP contribution in [0.25, 0.3) is 0 Å². The number of hydrogen-bond acceptors (Lipinski definition) is 3. The lowest BCUT2D eigenvalue weighted by atomic mass is 9.92. The number of hydrogen-bond donors (Lipinski definition) is 1. The van der Waals surface area contributed by atoms with Gasteiger partial charge in [0.2, 0.25) is 15.9 Å². The fourth-order valence-corrected chi connectivity index (χ4v) is 6.55. The van der Waals surface area contributed by atoms with E-state index in [1.165, 1.54) is 22.7 Å². The molecule has 0 radical (unpaired) electrons. The normalized spacial score (nSPS) is 24.5. The fourth-order valence-electron chi connectivity index (χ4n) is 4.84. The van der Waals surface area contributed by atoms with Crippen LogP contribution in [0.3, 0.4) is 0 Å². The summed E-state index contributed by atoms with van der Waals surface area (Å²) in [7, 11) is -3.63. The molecule has 1 amide bonds. The second-order valence-corrected chi connectivity index (χ2v) is 10.1. The van der Waals surface area contributed by atoms with Crippen molar-refractivity contribution in [3.05, 3.63) is 29.3 Å². The highest BCUT2D eigenvalue weighted by Crippen LogP contribution is 2.30. The summed E-state index contributed by atoms with van der Waals surface area (Å²) in [5, 5.41) is 3.12. The summed E-state index contributed by atoms with van der Waals surface area (Å²) in [5.41, 5.74) is 2.43. The first kappa shape index (κ1) is 18.9. The fraction of sp³-hybridized carbons (Fsp3) is 0.667. The molecule has 1 saturated heterocycles. The Labute approximate surface area is 162 Å². The first-order valence-corrected chi connectivity index (χ1v) is 11.9. The molecule has 5 nitrogen and oxygen atoms in total. The van der Waals surface area contributed by atoms with Crippen molar-refractivity contribution in [1.82, 2.24) is 9.62 Å². The minimum absolute atomic E-state index is 0.110. The number of carbonyl (C=O) groups is 1. The lowest BCUT2D eigenvalue weighted by molar-refractivity contribution is -0.125. The number of nitrogens with one attached hydrogen (secondary N) is 1. The summed E-state index contributed by atoms with van der Waals surface area (Å²) in [4.78, 5) is 13.2. The van der Waals surface area contributed by atoms with Gasteiger partial charge in [-0.2, -0.15) is 4.31 Å². The quantitative estimate of drug-likeness (QED) is 0.859. The van der Waals surface area contributed by atoms with Gasteiger partial charge in [0, 0.05) is 12.6 Å². The molecule has 1 heterocycles. The first-order valence-electron chi connectivity index (χ1n) is 10.5. The van der Waals surface area contributed by atoms with Gasteiger partial charge in [0.25, 0.3) is 0 Å². The zero-order valence-electron chi connectivity index (χ0n) is 16.0. The SMILES string of the molecule is O=C(NC1CCCCC1)[C@@H]1CCCN1S(=O)(=O)c1ccc2c(c1)CCCC2. The van der Waals surface area contributed by atoms with Crippen molar-refractivity contribution in [2.45, 2.75) is 87.6 Å². The van der Waals surface area contributed by atoms with E-state index in [9.17, 15) is 13.2 Å². The van der Waals surface area contributed by atoms with Crippen LogP contribution in [0.5, 0.6) is 0 Å². The molecule has 3 aliphatic rings. The van der Waals surface area contributed by atoms with E-state index < -0.39 is 16.1 Å². The average molecular weight is 391 g/mol. The molecule has 1 aromatic rings. The van der Waals surface area contributed by atoms with Crippen LogP contribution < -0.4 is 5.32 Å². The van der Waals surface area contributed by atoms with Crippen molar-refractivity contribution in [2.24, 2.45) is 0 Å². The minimum atomic E-state index is -3.63. The van der Waals surface area contributed by atoms with E-state index in [4.69, 9.17) is 0 Å². The zero-order valence-corrected chi connectivity index (χ0v) is 16.8. The van der Waals surface area contributed by atoms with Crippen LogP contribution in [0.4, 0.5) is 0 Å². The average Bonchev–Trinajstić information content (AvgIpc) is 3.19. The molecule has 1 N–H and O–H groups in total. The van der Waals surface area contributed by atoms with Gasteiger partial charge in [-0.1, -0.05) is 25.3 Å². The summed E-state index contributed by atoms with van der Waals surface area (Å²) in [6.45, 7) is 0.433. The zero-order chi connectivity index (χ0) is 18.9. The first-order chi connectivity index (χ1) is 13.1. The molecular formula is C21H30N2O3S. The number of sulfonamides is 1. The highest BCUT2D eigenvalue weighted by molar-refractivity contribution is 7.89. The van der Waals surface area contributed by atoms with Gasteiger partial charge < -0.3 is 5.32 Å². The number of rotatable bonds is 4. The van der Waals surface area contributed by atoms with E-state index in [1.54, 1.807) is 6.07 Å². The molecule has 4 rings (SSSR count). The molecule has 1 aromatic carbocycles. The Balaban J connectivity index is 1.52. The van der Waals surface area contributed by atoms with Gasteiger partial charge in [0.1, 0.15) is 6.04 Å². The maximum atomic E-state index is 13.3. The van der Waals surface area contributed by atoms with E-state index in [2.05, 4.69) is 5.32 Å². The molecule has 0 unspecified atom stereocenters. The lowest BCUT2D eigenvalue weighted by Gasteiger charge is -2.28. The van der Waals surface area contributed by atoms with Crippen LogP contribution in [-0.2, 0) is 27.7 Å². The maximum absolute atomic E-state index is 13.3. The third-order valence-electron chi connectivity index (χ3n) is 6.38. The second-order valence-electron chi connectivity index (χ2n) is 8.25. The van der Waals surface area contributed by atoms with Gasteiger partial charge in [0.15, 0.2) is 0 Å². The monoisotopic (exact) mass is 390 g/mol. The predicted octanol–water partition coefficient (Wildman–Crippen LogP) is 3.17. The van der Waals surface area contributed by atoms with Crippen molar-refractivity contribution in [2.75, 3.05) is 6.54 Å². The van der Waals surface area contributed by atoms with E-state index in [0.717, 1.165) is 56.9 Å². The van der Waals surface area contributed by atoms with Crippen molar-refractivity contribution in [1.29, 1.82) is 0 Å². The number of benzene rings is 1. The Kier molecular flexibility index (Phi) is 5.55. The standard InChI is InChI=1S/C21H30N2O3S/c24-21(22-18-9-2-1-3-10-18)20-11-6-14-23(20)27(25,26)19-13-12-16-7-4-5-8-17(16)15-19/h12-13,15,18,20H,1-11,14H2,(H,22,24)/t20-/m0/s1. The van der Waals surface area contributed by atoms with Crippen molar-refractivity contribution in [3.63, 3.8) is 0 Å². The molecular weight excluding hydrogens is 360 g/mol. The summed E-state index contributed by atoms with van der Waals surface area (Å²) in [5.74, 6) is -0.110. The molecule has 0 aromatic heterocycles. The largest absolute Gasteiger partial charge is 0.352 e. The highest BCUT2D eigenvalue weighted by atomic mass is 32.2. The van der Waals surface area contributed by atoms with E-state index >= 15 is 0 Å². The van der Waals surface area contributed by atoms with Crippen molar-refractivity contribution < 1.29 is 13.2 Å². The third kappa shape index (κ3) is 3.92. The molecule has 27 heavy (non-hydrogen) atoms. The van der Waals surface area contributed by atoms with Crippen LogP contribution >= 0.6 is 0 Å². The summed E-state index contributed by atoms with van der Waals surface area (Å²) < 4.78 is 28.0. The van der Waals surface area contributed by atoms with Crippen LogP contribution in [0.15, 0.2) is 23.1 Å². The van der Waals surface area contributed by atoms with Gasteiger partial charge in [-0.15, -0.1) is 0 Å². The molecule has 1 saturated carbocycles. The van der Waals surface area contributed by atoms with E-state index in [0.29, 0.717) is 17.9 Å². The molecule has 0 bridgehead atoms. The maximum Gasteiger partial charge on any atom is 0.243 e. The van der Waals surface area contributed by atoms with Crippen LogP contribution in [0, 0.1) is 0 Å². The smallest absolute Gasteiger partial charge is 0.243 e. The molecule has 2 fully saturated rings. The second kappa shape index (κ2) is 7.92. The van der Waals surface area contributed by atoms with E-state index in [-0.39, 0.29) is 11.9 Å². The Morgan fingerprint density at radius 1 is 0.926 bits per heavy atom. The molecule has 1 aliphatic heterocycles. The number of aryl methyl sites for hydroxylation is 2. The molecule has 1 atom stereocenters. The molecule has 2 aliphatic carbocycles. The summed E-state index contributed by atoms with van der Waals surface area (Å²) >= 11 is 0. The number of carbonyl (C=O) groups excluding carboxylic acids is 1. The van der Waals surface area contributed by atoms with E-state index in [1.807, 2.05) is 12.1 Å². The Morgan fingerprint density at radius 3 is 2.44 bits per heavy atom. The molecule has 6 heteroatoms. The summed E-state index contributed by atoms with van der Waals surface area (Å²) in [6, 6.07) is 5.19. The Morgan fingerprint density at radius 2 is 1.67 bits per heavy atom. The highest BCUT2D eigenvalue weighted by Gasteiger charge is 2.40. The topological polar surface area (TPSA) is 66.5 Å². The lowest BCUT2D eigenvalue weighted by Crippen LogP contribution is -2.49. The third-order valence-corrected chi connectivity index (χ3v) is 8.29. The van der Waals surface area contributed by atoms with Gasteiger partial charge in [0.05, 0.1) is 4.90 Å². The van der Waals surface area contributed by atoms with Crippen molar-refractivity contribution in [3.8, 4) is 0 Å². The Bertz CT molecular complexity index is 800. The molecule has 0 spiro atoms. The van der Waals surface area contributed by atoms with Gasteiger partial charge in [-0.25, -0.2) is 8.42 Å². The van der Waals surface area contributed by atoms with Crippen LogP contribution in [0.1, 0.15) is 68.9 Å². The Hall–Kier alpha value is -1.40. The van der Waals surface area contributed by atoms with Crippen LogP contribution in [0.2, 0.25) is 0 Å². The number of amides is 1. The van der Waals surface area contributed by atoms with Gasteiger partial charge in [-0.3, -0.25) is 4.79 Å². The molecule has 148 valence electrons. The minimum Gasteiger partial charge on any atom is -0.352 e. The predicted molar refractivity (Wildman–Crippen MR) is 105 cm³/mol. The number of nitrogens with zero attached hydrogens (tertiary/aromatic N) is 1. The number of fused-ring (bicyclic) bond motifs is 1. The van der Waals surface area contributed by atoms with Crippen molar-refractivity contribution >= 4 is 15.9 Å².